The first kappa shape index (κ1) is 18.1. The zero-order valence-electron chi connectivity index (χ0n) is 13.3. The van der Waals surface area contributed by atoms with Gasteiger partial charge in [0.2, 0.25) is 0 Å². The Labute approximate surface area is 137 Å². The molecule has 0 aromatic heterocycles. The number of aromatic hydroxyl groups is 3. The summed E-state index contributed by atoms with van der Waals surface area (Å²) in [5.41, 5.74) is 2.09. The Morgan fingerprint density at radius 1 is 0.522 bits per heavy atom. The normalized spacial score (nSPS) is 8.96. The molecule has 3 aromatic rings. The highest BCUT2D eigenvalue weighted by Gasteiger charge is 1.87. The van der Waals surface area contributed by atoms with Crippen LogP contribution in [-0.4, -0.2) is 15.3 Å². The third-order valence-electron chi connectivity index (χ3n) is 2.91. The van der Waals surface area contributed by atoms with Crippen LogP contribution in [0.25, 0.3) is 0 Å². The van der Waals surface area contributed by atoms with E-state index in [4.69, 9.17) is 15.3 Å². The van der Waals surface area contributed by atoms with Crippen LogP contribution in [0.3, 0.4) is 0 Å². The molecule has 0 aliphatic carbocycles. The largest absolute Gasteiger partial charge is 0.508 e. The van der Waals surface area contributed by atoms with Crippen LogP contribution in [0.5, 0.6) is 17.2 Å². The van der Waals surface area contributed by atoms with Crippen LogP contribution in [0.4, 0.5) is 0 Å². The zero-order valence-corrected chi connectivity index (χ0v) is 13.3. The Kier molecular flexibility index (Phi) is 7.79. The molecule has 120 valence electrons. The smallest absolute Gasteiger partial charge is 0.118 e. The number of phenolic OH excluding ortho intramolecular Hbond substituents is 3. The molecule has 0 fully saturated rings. The summed E-state index contributed by atoms with van der Waals surface area (Å²) in [6.45, 7) is 3.86. The third-order valence-corrected chi connectivity index (χ3v) is 2.91. The minimum absolute atomic E-state index is 0.322. The van der Waals surface area contributed by atoms with Crippen LogP contribution in [0.1, 0.15) is 11.1 Å². The van der Waals surface area contributed by atoms with E-state index in [1.165, 1.54) is 5.56 Å². The molecule has 3 aromatic carbocycles. The minimum atomic E-state index is 0.322. The molecule has 23 heavy (non-hydrogen) atoms. The van der Waals surface area contributed by atoms with Crippen molar-refractivity contribution in [2.75, 3.05) is 0 Å². The number of hydrogen-bond acceptors (Lipinski definition) is 3. The van der Waals surface area contributed by atoms with Gasteiger partial charge in [-0.25, -0.2) is 0 Å². The van der Waals surface area contributed by atoms with Gasteiger partial charge in [-0.1, -0.05) is 54.1 Å². The molecule has 3 heteroatoms. The first-order valence-corrected chi connectivity index (χ1v) is 7.23. The quantitative estimate of drug-likeness (QED) is 0.559. The van der Waals surface area contributed by atoms with Crippen LogP contribution < -0.4 is 0 Å². The van der Waals surface area contributed by atoms with Crippen molar-refractivity contribution >= 4 is 0 Å². The van der Waals surface area contributed by atoms with Gasteiger partial charge in [-0.3, -0.25) is 0 Å². The zero-order chi connectivity index (χ0) is 17.1. The average molecular weight is 310 g/mol. The van der Waals surface area contributed by atoms with E-state index in [1.807, 2.05) is 50.2 Å². The second-order valence-electron chi connectivity index (χ2n) is 4.96. The number of hydrogen-bond donors (Lipinski definition) is 3. The number of aryl methyl sites for hydroxylation is 2. The number of phenols is 3. The molecule has 0 radical (unpaired) electrons. The van der Waals surface area contributed by atoms with Crippen molar-refractivity contribution in [2.45, 2.75) is 13.8 Å². The Balaban J connectivity index is 0.000000173. The molecule has 0 heterocycles. The van der Waals surface area contributed by atoms with E-state index in [-0.39, 0.29) is 0 Å². The summed E-state index contributed by atoms with van der Waals surface area (Å²) in [5, 5.41) is 26.3. The molecule has 0 aliphatic rings. The van der Waals surface area contributed by atoms with Crippen LogP contribution in [0, 0.1) is 13.8 Å². The summed E-state index contributed by atoms with van der Waals surface area (Å²) in [7, 11) is 0. The molecule has 0 spiro atoms. The van der Waals surface area contributed by atoms with E-state index in [9.17, 15) is 0 Å². The van der Waals surface area contributed by atoms with Crippen LogP contribution in [0.15, 0.2) is 78.9 Å². The Hall–Kier alpha value is -2.94. The van der Waals surface area contributed by atoms with Crippen molar-refractivity contribution in [3.8, 4) is 17.2 Å². The fourth-order valence-electron chi connectivity index (χ4n) is 1.54. The lowest BCUT2D eigenvalue weighted by atomic mass is 10.2. The summed E-state index contributed by atoms with van der Waals surface area (Å²) in [6.07, 6.45) is 0. The van der Waals surface area contributed by atoms with Gasteiger partial charge >= 0.3 is 0 Å². The van der Waals surface area contributed by atoms with E-state index >= 15 is 0 Å². The van der Waals surface area contributed by atoms with E-state index in [0.717, 1.165) is 5.56 Å². The molecule has 0 unspecified atom stereocenters. The molecule has 0 saturated heterocycles. The fourth-order valence-corrected chi connectivity index (χ4v) is 1.54. The van der Waals surface area contributed by atoms with Gasteiger partial charge in [0.1, 0.15) is 17.2 Å². The van der Waals surface area contributed by atoms with Crippen molar-refractivity contribution < 1.29 is 15.3 Å². The van der Waals surface area contributed by atoms with Crippen molar-refractivity contribution in [1.29, 1.82) is 0 Å². The van der Waals surface area contributed by atoms with Crippen molar-refractivity contribution in [2.24, 2.45) is 0 Å². The Morgan fingerprint density at radius 2 is 1.00 bits per heavy atom. The highest BCUT2D eigenvalue weighted by Crippen LogP contribution is 2.12. The molecular weight excluding hydrogens is 288 g/mol. The fraction of sp³-hybridized carbons (Fsp3) is 0.100. The third kappa shape index (κ3) is 8.17. The molecule has 3 rings (SSSR count). The van der Waals surface area contributed by atoms with E-state index < -0.39 is 0 Å². The van der Waals surface area contributed by atoms with Gasteiger partial charge < -0.3 is 15.3 Å². The maximum Gasteiger partial charge on any atom is 0.118 e. The number of benzene rings is 3. The van der Waals surface area contributed by atoms with Crippen LogP contribution in [0.2, 0.25) is 0 Å². The predicted molar refractivity (Wildman–Crippen MR) is 93.8 cm³/mol. The van der Waals surface area contributed by atoms with Crippen LogP contribution in [-0.2, 0) is 0 Å². The highest BCUT2D eigenvalue weighted by molar-refractivity contribution is 5.29. The summed E-state index contributed by atoms with van der Waals surface area (Å²) in [5.74, 6) is 1.02. The Bertz CT molecular complexity index is 635. The highest BCUT2D eigenvalue weighted by atomic mass is 16.3. The monoisotopic (exact) mass is 310 g/mol. The molecular formula is C20H22O3. The average Bonchev–Trinajstić information content (AvgIpc) is 2.55. The number of para-hydroxylation sites is 2. The van der Waals surface area contributed by atoms with Crippen molar-refractivity contribution in [3.05, 3.63) is 90.0 Å². The van der Waals surface area contributed by atoms with Gasteiger partial charge in [-0.05, 0) is 49.7 Å². The number of rotatable bonds is 0. The van der Waals surface area contributed by atoms with Crippen LogP contribution >= 0.6 is 0 Å². The van der Waals surface area contributed by atoms with Gasteiger partial charge in [-0.2, -0.15) is 0 Å². The summed E-state index contributed by atoms with van der Waals surface area (Å²) in [4.78, 5) is 0. The van der Waals surface area contributed by atoms with Gasteiger partial charge in [0.15, 0.2) is 0 Å². The maximum absolute atomic E-state index is 8.92. The summed E-state index contributed by atoms with van der Waals surface area (Å²) < 4.78 is 0. The molecule has 0 aliphatic heterocycles. The van der Waals surface area contributed by atoms with Crippen molar-refractivity contribution in [1.82, 2.24) is 0 Å². The minimum Gasteiger partial charge on any atom is -0.508 e. The van der Waals surface area contributed by atoms with E-state index in [1.54, 1.807) is 42.5 Å². The second-order valence-corrected chi connectivity index (χ2v) is 4.96. The maximum atomic E-state index is 8.92. The standard InChI is InChI=1S/2C7H8O.C6H6O/c1-6-2-4-7(8)5-3-6;1-6-4-2-3-5-7(6)8;7-6-4-2-1-3-5-6/h2*2-5,8H,1H3;1-5,7H. The SMILES string of the molecule is Cc1ccc(O)cc1.Cc1ccccc1O.Oc1ccccc1. The van der Waals surface area contributed by atoms with Gasteiger partial charge in [0.25, 0.3) is 0 Å². The lowest BCUT2D eigenvalue weighted by Gasteiger charge is -1.92. The van der Waals surface area contributed by atoms with Gasteiger partial charge in [0, 0.05) is 0 Å². The molecule has 0 amide bonds. The van der Waals surface area contributed by atoms with Crippen molar-refractivity contribution in [3.63, 3.8) is 0 Å². The first-order chi connectivity index (χ1) is 11.0. The van der Waals surface area contributed by atoms with Gasteiger partial charge in [-0.15, -0.1) is 0 Å². The summed E-state index contributed by atoms with van der Waals surface area (Å²) >= 11 is 0. The molecule has 3 nitrogen and oxygen atoms in total. The molecule has 3 N–H and O–H groups in total. The van der Waals surface area contributed by atoms with E-state index in [0.29, 0.717) is 17.2 Å². The molecule has 0 bridgehead atoms. The lowest BCUT2D eigenvalue weighted by molar-refractivity contribution is 0.471. The van der Waals surface area contributed by atoms with E-state index in [2.05, 4.69) is 0 Å². The predicted octanol–water partition coefficient (Wildman–Crippen LogP) is 4.79. The topological polar surface area (TPSA) is 60.7 Å². The lowest BCUT2D eigenvalue weighted by Crippen LogP contribution is -1.68. The Morgan fingerprint density at radius 3 is 1.35 bits per heavy atom. The van der Waals surface area contributed by atoms with Gasteiger partial charge in [0.05, 0.1) is 0 Å². The summed E-state index contributed by atoms with van der Waals surface area (Å²) in [6, 6.07) is 23.1. The molecule has 0 atom stereocenters. The second kappa shape index (κ2) is 9.90. The molecule has 0 saturated carbocycles. The first-order valence-electron chi connectivity index (χ1n) is 7.23.